The van der Waals surface area contributed by atoms with Gasteiger partial charge in [-0.2, -0.15) is 4.99 Å². The molecule has 0 saturated heterocycles. The number of nitro groups is 1. The van der Waals surface area contributed by atoms with Crippen LogP contribution in [0.2, 0.25) is 0 Å². The molecular formula is C18H15N3O6S. The van der Waals surface area contributed by atoms with Crippen LogP contribution in [0.3, 0.4) is 0 Å². The fourth-order valence-corrected chi connectivity index (χ4v) is 3.55. The molecule has 9 nitrogen and oxygen atoms in total. The first-order chi connectivity index (χ1) is 13.4. The Morgan fingerprint density at radius 1 is 1.18 bits per heavy atom. The van der Waals surface area contributed by atoms with Gasteiger partial charge in [0.1, 0.15) is 12.3 Å². The van der Waals surface area contributed by atoms with Crippen LogP contribution in [0.15, 0.2) is 47.5 Å². The molecule has 0 aliphatic rings. The molecule has 0 unspecified atom stereocenters. The molecule has 1 heterocycles. The number of non-ortho nitro benzene ring substituents is 1. The monoisotopic (exact) mass is 401 g/mol. The van der Waals surface area contributed by atoms with E-state index in [1.165, 1.54) is 42.7 Å². The summed E-state index contributed by atoms with van der Waals surface area (Å²) >= 11 is 1.22. The maximum atomic E-state index is 12.5. The van der Waals surface area contributed by atoms with Crippen molar-refractivity contribution < 1.29 is 24.0 Å². The summed E-state index contributed by atoms with van der Waals surface area (Å²) in [4.78, 5) is 38.9. The quantitative estimate of drug-likeness (QED) is 0.369. The molecule has 0 aliphatic heterocycles. The van der Waals surface area contributed by atoms with Gasteiger partial charge < -0.3 is 14.0 Å². The van der Waals surface area contributed by atoms with E-state index in [1.807, 2.05) is 0 Å². The molecule has 28 heavy (non-hydrogen) atoms. The Morgan fingerprint density at radius 3 is 2.50 bits per heavy atom. The number of carbonyl (C=O) groups excluding carboxylic acids is 2. The summed E-state index contributed by atoms with van der Waals surface area (Å²) in [5.74, 6) is -0.431. The fraction of sp³-hybridized carbons (Fsp3) is 0.167. The lowest BCUT2D eigenvalue weighted by Gasteiger charge is -2.04. The molecule has 3 aromatic rings. The van der Waals surface area contributed by atoms with Gasteiger partial charge in [0, 0.05) is 17.7 Å². The smallest absolute Gasteiger partial charge is 0.325 e. The maximum Gasteiger partial charge on any atom is 0.325 e. The van der Waals surface area contributed by atoms with Gasteiger partial charge in [0.25, 0.3) is 11.6 Å². The summed E-state index contributed by atoms with van der Waals surface area (Å²) in [5, 5.41) is 10.7. The maximum absolute atomic E-state index is 12.5. The van der Waals surface area contributed by atoms with E-state index in [1.54, 1.807) is 29.9 Å². The first kappa shape index (κ1) is 19.2. The molecule has 3 rings (SSSR count). The molecule has 1 amide bonds. The Kier molecular flexibility index (Phi) is 5.50. The van der Waals surface area contributed by atoms with E-state index in [-0.39, 0.29) is 17.8 Å². The second kappa shape index (κ2) is 8.01. The predicted molar refractivity (Wildman–Crippen MR) is 101 cm³/mol. The van der Waals surface area contributed by atoms with Gasteiger partial charge in [-0.25, -0.2) is 0 Å². The number of methoxy groups -OCH3 is 2. The zero-order valence-corrected chi connectivity index (χ0v) is 15.8. The van der Waals surface area contributed by atoms with Crippen LogP contribution < -0.4 is 9.54 Å². The van der Waals surface area contributed by atoms with Gasteiger partial charge >= 0.3 is 5.97 Å². The van der Waals surface area contributed by atoms with E-state index in [2.05, 4.69) is 4.99 Å². The summed E-state index contributed by atoms with van der Waals surface area (Å²) in [6.07, 6.45) is 0. The van der Waals surface area contributed by atoms with Gasteiger partial charge in [-0.3, -0.25) is 19.7 Å². The summed E-state index contributed by atoms with van der Waals surface area (Å²) in [6, 6.07) is 10.4. The van der Waals surface area contributed by atoms with Crippen LogP contribution >= 0.6 is 11.3 Å². The third-order valence-corrected chi connectivity index (χ3v) is 4.97. The van der Waals surface area contributed by atoms with Crippen molar-refractivity contribution in [2.75, 3.05) is 14.2 Å². The molecule has 0 radical (unpaired) electrons. The number of amides is 1. The van der Waals surface area contributed by atoms with Crippen molar-refractivity contribution in [2.45, 2.75) is 6.54 Å². The van der Waals surface area contributed by atoms with Crippen LogP contribution in [0.1, 0.15) is 10.4 Å². The summed E-state index contributed by atoms with van der Waals surface area (Å²) in [7, 11) is 2.82. The third kappa shape index (κ3) is 3.91. The van der Waals surface area contributed by atoms with Crippen LogP contribution in [-0.4, -0.2) is 35.6 Å². The number of nitrogens with zero attached hydrogens (tertiary/aromatic N) is 3. The Balaban J connectivity index is 2.08. The lowest BCUT2D eigenvalue weighted by Crippen LogP contribution is -2.22. The first-order valence-corrected chi connectivity index (χ1v) is 8.82. The SMILES string of the molecule is COC(=O)Cn1c(=NC(=O)c2ccc([N+](=O)[O-])cc2)sc2cc(OC)ccc21. The van der Waals surface area contributed by atoms with Gasteiger partial charge in [-0.15, -0.1) is 0 Å². The molecule has 0 fully saturated rings. The first-order valence-electron chi connectivity index (χ1n) is 8.00. The minimum Gasteiger partial charge on any atom is -0.497 e. The number of esters is 1. The average molecular weight is 401 g/mol. The number of carbonyl (C=O) groups is 2. The third-order valence-electron chi connectivity index (χ3n) is 3.93. The molecule has 10 heteroatoms. The second-order valence-electron chi connectivity index (χ2n) is 5.60. The highest BCUT2D eigenvalue weighted by molar-refractivity contribution is 7.16. The van der Waals surface area contributed by atoms with Crippen molar-refractivity contribution in [1.82, 2.24) is 4.57 Å². The van der Waals surface area contributed by atoms with Crippen LogP contribution in [0.4, 0.5) is 5.69 Å². The highest BCUT2D eigenvalue weighted by Gasteiger charge is 2.14. The molecule has 144 valence electrons. The highest BCUT2D eigenvalue weighted by Crippen LogP contribution is 2.23. The number of fused-ring (bicyclic) bond motifs is 1. The minimum absolute atomic E-state index is 0.116. The Hall–Kier alpha value is -3.53. The lowest BCUT2D eigenvalue weighted by atomic mass is 10.2. The Labute approximate surface area is 162 Å². The molecule has 0 aliphatic carbocycles. The van der Waals surface area contributed by atoms with Gasteiger partial charge in [0.05, 0.1) is 29.4 Å². The van der Waals surface area contributed by atoms with Crippen molar-refractivity contribution >= 4 is 39.1 Å². The molecule has 0 N–H and O–H groups in total. The van der Waals surface area contributed by atoms with E-state index in [0.717, 1.165) is 4.70 Å². The normalized spacial score (nSPS) is 11.4. The van der Waals surface area contributed by atoms with Crippen LogP contribution in [0, 0.1) is 10.1 Å². The molecule has 1 aromatic heterocycles. The van der Waals surface area contributed by atoms with Gasteiger partial charge in [-0.05, 0) is 30.3 Å². The van der Waals surface area contributed by atoms with E-state index in [9.17, 15) is 19.7 Å². The zero-order chi connectivity index (χ0) is 20.3. The Morgan fingerprint density at radius 2 is 1.89 bits per heavy atom. The summed E-state index contributed by atoms with van der Waals surface area (Å²) < 4.78 is 12.3. The van der Waals surface area contributed by atoms with E-state index < -0.39 is 16.8 Å². The standard InChI is InChI=1S/C18H15N3O6S/c1-26-13-7-8-14-15(9-13)28-18(20(14)10-16(22)27-2)19-17(23)11-3-5-12(6-4-11)21(24)25/h3-9H,10H2,1-2H3. The molecule has 0 saturated carbocycles. The molecule has 2 aromatic carbocycles. The number of hydrogen-bond donors (Lipinski definition) is 0. The van der Waals surface area contributed by atoms with Crippen molar-refractivity contribution in [3.8, 4) is 5.75 Å². The number of ether oxygens (including phenoxy) is 2. The van der Waals surface area contributed by atoms with Crippen molar-refractivity contribution in [3.63, 3.8) is 0 Å². The zero-order valence-electron chi connectivity index (χ0n) is 14.9. The topological polar surface area (TPSA) is 113 Å². The van der Waals surface area contributed by atoms with Gasteiger partial charge in [0.15, 0.2) is 4.80 Å². The van der Waals surface area contributed by atoms with Gasteiger partial charge in [0.2, 0.25) is 0 Å². The minimum atomic E-state index is -0.577. The number of aromatic nitrogens is 1. The number of nitro benzene ring substituents is 1. The number of hydrogen-bond acceptors (Lipinski definition) is 7. The second-order valence-corrected chi connectivity index (χ2v) is 6.61. The molecule has 0 bridgehead atoms. The van der Waals surface area contributed by atoms with E-state index in [0.29, 0.717) is 16.1 Å². The van der Waals surface area contributed by atoms with Gasteiger partial charge in [-0.1, -0.05) is 11.3 Å². The molecule has 0 spiro atoms. The Bertz CT molecular complexity index is 1130. The largest absolute Gasteiger partial charge is 0.497 e. The fourth-order valence-electron chi connectivity index (χ4n) is 2.49. The number of benzene rings is 2. The van der Waals surface area contributed by atoms with Crippen molar-refractivity contribution in [2.24, 2.45) is 4.99 Å². The number of thiazole rings is 1. The average Bonchev–Trinajstić information content (AvgIpc) is 3.03. The van der Waals surface area contributed by atoms with E-state index in [4.69, 9.17) is 9.47 Å². The van der Waals surface area contributed by atoms with Crippen molar-refractivity contribution in [3.05, 3.63) is 62.9 Å². The van der Waals surface area contributed by atoms with Crippen LogP contribution in [-0.2, 0) is 16.1 Å². The van der Waals surface area contributed by atoms with Crippen LogP contribution in [0.25, 0.3) is 10.2 Å². The highest BCUT2D eigenvalue weighted by atomic mass is 32.1. The summed E-state index contributed by atoms with van der Waals surface area (Å²) in [5.41, 5.74) is 0.781. The molecule has 0 atom stereocenters. The van der Waals surface area contributed by atoms with Crippen molar-refractivity contribution in [1.29, 1.82) is 0 Å². The van der Waals surface area contributed by atoms with Crippen LogP contribution in [0.5, 0.6) is 5.75 Å². The number of rotatable bonds is 5. The summed E-state index contributed by atoms with van der Waals surface area (Å²) in [6.45, 7) is -0.116. The lowest BCUT2D eigenvalue weighted by molar-refractivity contribution is -0.384. The predicted octanol–water partition coefficient (Wildman–Crippen LogP) is 2.53. The van der Waals surface area contributed by atoms with E-state index >= 15 is 0 Å². The molecular weight excluding hydrogens is 386 g/mol.